The van der Waals surface area contributed by atoms with E-state index in [1.165, 1.54) is 0 Å². The predicted molar refractivity (Wildman–Crippen MR) is 59.8 cm³/mol. The number of nitrogens with one attached hydrogen (secondary N) is 1. The van der Waals surface area contributed by atoms with Crippen LogP contribution in [0.5, 0.6) is 0 Å². The van der Waals surface area contributed by atoms with Gasteiger partial charge in [0, 0.05) is 30.4 Å². The highest BCUT2D eigenvalue weighted by atomic mass is 19.4. The van der Waals surface area contributed by atoms with Gasteiger partial charge in [-0.3, -0.25) is 4.98 Å². The summed E-state index contributed by atoms with van der Waals surface area (Å²) in [7, 11) is 0. The standard InChI is InChI=1S/C12H15F3N2O/c13-12(14,15)10-3-5-17-7-9(10)11(18)8-2-1-4-16-6-8/h3,5,7-8,11,16,18H,1-2,4,6H2. The van der Waals surface area contributed by atoms with Crippen LogP contribution in [0.2, 0.25) is 0 Å². The zero-order valence-corrected chi connectivity index (χ0v) is 9.74. The first-order valence-corrected chi connectivity index (χ1v) is 5.90. The predicted octanol–water partition coefficient (Wildman–Crippen LogP) is 2.13. The lowest BCUT2D eigenvalue weighted by Gasteiger charge is -2.28. The summed E-state index contributed by atoms with van der Waals surface area (Å²) < 4.78 is 38.5. The van der Waals surface area contributed by atoms with E-state index in [9.17, 15) is 18.3 Å². The van der Waals surface area contributed by atoms with Gasteiger partial charge in [0.1, 0.15) is 0 Å². The monoisotopic (exact) mass is 260 g/mol. The Labute approximate surface area is 103 Å². The molecule has 2 N–H and O–H groups in total. The maximum absolute atomic E-state index is 12.8. The molecular weight excluding hydrogens is 245 g/mol. The number of hydrogen-bond donors (Lipinski definition) is 2. The van der Waals surface area contributed by atoms with Gasteiger partial charge in [-0.15, -0.1) is 0 Å². The number of nitrogens with zero attached hydrogens (tertiary/aromatic N) is 1. The van der Waals surface area contributed by atoms with Gasteiger partial charge in [0.15, 0.2) is 0 Å². The number of halogens is 3. The van der Waals surface area contributed by atoms with Crippen molar-refractivity contribution in [3.8, 4) is 0 Å². The maximum Gasteiger partial charge on any atom is 0.416 e. The van der Waals surface area contributed by atoms with Crippen molar-refractivity contribution in [2.45, 2.75) is 25.1 Å². The van der Waals surface area contributed by atoms with E-state index in [0.717, 1.165) is 37.8 Å². The van der Waals surface area contributed by atoms with E-state index < -0.39 is 17.8 Å². The molecule has 1 aromatic rings. The lowest BCUT2D eigenvalue weighted by Crippen LogP contribution is -2.34. The van der Waals surface area contributed by atoms with E-state index in [4.69, 9.17) is 0 Å². The second-order valence-corrected chi connectivity index (χ2v) is 4.51. The number of rotatable bonds is 2. The molecule has 2 unspecified atom stereocenters. The first-order valence-electron chi connectivity index (χ1n) is 5.90. The smallest absolute Gasteiger partial charge is 0.388 e. The van der Waals surface area contributed by atoms with Crippen LogP contribution in [0.3, 0.4) is 0 Å². The number of piperidine rings is 1. The Balaban J connectivity index is 2.26. The second-order valence-electron chi connectivity index (χ2n) is 4.51. The molecule has 0 aromatic carbocycles. The molecular formula is C12H15F3N2O. The Morgan fingerprint density at radius 1 is 1.44 bits per heavy atom. The average Bonchev–Trinajstić information content (AvgIpc) is 2.38. The van der Waals surface area contributed by atoms with E-state index in [1.807, 2.05) is 0 Å². The number of aromatic nitrogens is 1. The first-order chi connectivity index (χ1) is 8.50. The van der Waals surface area contributed by atoms with E-state index >= 15 is 0 Å². The molecule has 0 aliphatic carbocycles. The summed E-state index contributed by atoms with van der Waals surface area (Å²) in [6.45, 7) is 1.38. The van der Waals surface area contributed by atoms with E-state index in [2.05, 4.69) is 10.3 Å². The zero-order valence-electron chi connectivity index (χ0n) is 9.74. The van der Waals surface area contributed by atoms with Crippen molar-refractivity contribution in [2.75, 3.05) is 13.1 Å². The van der Waals surface area contributed by atoms with Gasteiger partial charge in [0.25, 0.3) is 0 Å². The van der Waals surface area contributed by atoms with Crippen molar-refractivity contribution >= 4 is 0 Å². The molecule has 0 saturated carbocycles. The maximum atomic E-state index is 12.8. The Morgan fingerprint density at radius 2 is 2.22 bits per heavy atom. The molecule has 3 nitrogen and oxygen atoms in total. The number of hydrogen-bond acceptors (Lipinski definition) is 3. The van der Waals surface area contributed by atoms with E-state index in [1.54, 1.807) is 0 Å². The van der Waals surface area contributed by atoms with Gasteiger partial charge in [-0.05, 0) is 25.5 Å². The van der Waals surface area contributed by atoms with Gasteiger partial charge in [0.2, 0.25) is 0 Å². The highest BCUT2D eigenvalue weighted by Gasteiger charge is 2.36. The summed E-state index contributed by atoms with van der Waals surface area (Å²) in [4.78, 5) is 3.69. The van der Waals surface area contributed by atoms with Gasteiger partial charge in [-0.2, -0.15) is 13.2 Å². The van der Waals surface area contributed by atoms with E-state index in [-0.39, 0.29) is 11.5 Å². The number of pyridine rings is 1. The Morgan fingerprint density at radius 3 is 2.83 bits per heavy atom. The molecule has 6 heteroatoms. The summed E-state index contributed by atoms with van der Waals surface area (Å²) in [5.41, 5.74) is -0.922. The minimum Gasteiger partial charge on any atom is -0.388 e. The van der Waals surface area contributed by atoms with Crippen LogP contribution in [0.4, 0.5) is 13.2 Å². The van der Waals surface area contributed by atoms with Gasteiger partial charge in [-0.1, -0.05) is 0 Å². The van der Waals surface area contributed by atoms with Crippen LogP contribution in [-0.4, -0.2) is 23.2 Å². The summed E-state index contributed by atoms with van der Waals surface area (Å²) in [5, 5.41) is 13.2. The van der Waals surface area contributed by atoms with Crippen molar-refractivity contribution in [3.05, 3.63) is 29.6 Å². The molecule has 2 heterocycles. The van der Waals surface area contributed by atoms with Crippen LogP contribution >= 0.6 is 0 Å². The Kier molecular flexibility index (Phi) is 3.87. The molecule has 0 amide bonds. The Hall–Kier alpha value is -1.14. The van der Waals surface area contributed by atoms with Gasteiger partial charge in [-0.25, -0.2) is 0 Å². The fourth-order valence-corrected chi connectivity index (χ4v) is 2.30. The molecule has 2 rings (SSSR count). The first kappa shape index (κ1) is 13.3. The molecule has 100 valence electrons. The van der Waals surface area contributed by atoms with E-state index in [0.29, 0.717) is 6.54 Å². The third-order valence-corrected chi connectivity index (χ3v) is 3.26. The molecule has 1 aliphatic heterocycles. The number of alkyl halides is 3. The summed E-state index contributed by atoms with van der Waals surface area (Å²) in [6.07, 6.45) is -1.78. The molecule has 1 aromatic heterocycles. The SMILES string of the molecule is OC(c1cnccc1C(F)(F)F)C1CCCNC1. The molecule has 18 heavy (non-hydrogen) atoms. The van der Waals surface area contributed by atoms with Crippen molar-refractivity contribution < 1.29 is 18.3 Å². The largest absolute Gasteiger partial charge is 0.416 e. The molecule has 0 bridgehead atoms. The van der Waals surface area contributed by atoms with Crippen LogP contribution in [-0.2, 0) is 6.18 Å². The summed E-state index contributed by atoms with van der Waals surface area (Å²) in [5.74, 6) is -0.191. The lowest BCUT2D eigenvalue weighted by molar-refractivity contribution is -0.139. The minimum absolute atomic E-state index is 0.126. The third-order valence-electron chi connectivity index (χ3n) is 3.26. The van der Waals surface area contributed by atoms with Crippen molar-refractivity contribution in [1.82, 2.24) is 10.3 Å². The molecule has 1 saturated heterocycles. The van der Waals surface area contributed by atoms with Crippen LogP contribution in [0, 0.1) is 5.92 Å². The normalized spacial score (nSPS) is 22.8. The number of aliphatic hydroxyl groups excluding tert-OH is 1. The second kappa shape index (κ2) is 5.24. The quantitative estimate of drug-likeness (QED) is 0.856. The fraction of sp³-hybridized carbons (Fsp3) is 0.583. The molecule has 0 radical (unpaired) electrons. The van der Waals surface area contributed by atoms with Crippen molar-refractivity contribution in [3.63, 3.8) is 0 Å². The number of aliphatic hydroxyl groups is 1. The third kappa shape index (κ3) is 2.81. The lowest BCUT2D eigenvalue weighted by atomic mass is 9.88. The molecule has 0 spiro atoms. The average molecular weight is 260 g/mol. The molecule has 1 fully saturated rings. The topological polar surface area (TPSA) is 45.2 Å². The van der Waals surface area contributed by atoms with Crippen molar-refractivity contribution in [1.29, 1.82) is 0 Å². The zero-order chi connectivity index (χ0) is 13.2. The highest BCUT2D eigenvalue weighted by Crippen LogP contribution is 2.37. The van der Waals surface area contributed by atoms with Gasteiger partial charge < -0.3 is 10.4 Å². The highest BCUT2D eigenvalue weighted by molar-refractivity contribution is 5.28. The summed E-state index contributed by atoms with van der Waals surface area (Å²) >= 11 is 0. The minimum atomic E-state index is -4.46. The molecule has 1 aliphatic rings. The van der Waals surface area contributed by atoms with Crippen LogP contribution < -0.4 is 5.32 Å². The van der Waals surface area contributed by atoms with Gasteiger partial charge >= 0.3 is 6.18 Å². The van der Waals surface area contributed by atoms with Gasteiger partial charge in [0.05, 0.1) is 11.7 Å². The van der Waals surface area contributed by atoms with Crippen molar-refractivity contribution in [2.24, 2.45) is 5.92 Å². The summed E-state index contributed by atoms with van der Waals surface area (Å²) in [6, 6.07) is 0.912. The van der Waals surface area contributed by atoms with Crippen LogP contribution in [0.25, 0.3) is 0 Å². The van der Waals surface area contributed by atoms with Crippen LogP contribution in [0.1, 0.15) is 30.1 Å². The molecule has 2 atom stereocenters. The Bertz CT molecular complexity index is 403. The van der Waals surface area contributed by atoms with Crippen LogP contribution in [0.15, 0.2) is 18.5 Å². The fourth-order valence-electron chi connectivity index (χ4n) is 2.30.